The van der Waals surface area contributed by atoms with Crippen molar-refractivity contribution in [3.8, 4) is 0 Å². The molecule has 0 aliphatic heterocycles. The Labute approximate surface area is 103 Å². The topological polar surface area (TPSA) is 71.1 Å². The van der Waals surface area contributed by atoms with E-state index in [0.29, 0.717) is 10.5 Å². The summed E-state index contributed by atoms with van der Waals surface area (Å²) in [5, 5.41) is 5.57. The fraction of sp³-hybridized carbons (Fsp3) is 0.200. The number of hydrogen-bond acceptors (Lipinski definition) is 3. The molecule has 5 nitrogen and oxygen atoms in total. The standard InChI is InChI=1S/C10H9ClN2O3S/c11-9-3-1-2-8-4-5-13(12-10(8)9)6-7-17(14,15)16/h1-5H,6-7H2/p+1. The van der Waals surface area contributed by atoms with E-state index >= 15 is 0 Å². The molecule has 1 heterocycles. The molecule has 0 spiro atoms. The number of aromatic nitrogens is 2. The summed E-state index contributed by atoms with van der Waals surface area (Å²) in [7, 11) is -3.98. The molecule has 2 aromatic rings. The Morgan fingerprint density at radius 2 is 2.12 bits per heavy atom. The van der Waals surface area contributed by atoms with Crippen molar-refractivity contribution in [2.24, 2.45) is 0 Å². The summed E-state index contributed by atoms with van der Waals surface area (Å²) in [4.78, 5) is 0. The van der Waals surface area contributed by atoms with Gasteiger partial charge in [0.2, 0.25) is 0 Å². The molecule has 0 aliphatic carbocycles. The van der Waals surface area contributed by atoms with Gasteiger partial charge in [-0.3, -0.25) is 4.55 Å². The second kappa shape index (κ2) is 4.56. The summed E-state index contributed by atoms with van der Waals surface area (Å²) >= 11 is 5.98. The van der Waals surface area contributed by atoms with Gasteiger partial charge in [0.1, 0.15) is 5.75 Å². The molecule has 0 bridgehead atoms. The fourth-order valence-corrected chi connectivity index (χ4v) is 2.07. The van der Waals surface area contributed by atoms with Crippen LogP contribution in [-0.4, -0.2) is 23.8 Å². The monoisotopic (exact) mass is 273 g/mol. The third-order valence-corrected chi connectivity index (χ3v) is 3.25. The average molecular weight is 274 g/mol. The quantitative estimate of drug-likeness (QED) is 0.671. The molecule has 90 valence electrons. The zero-order chi connectivity index (χ0) is 12.5. The maximum atomic E-state index is 10.6. The van der Waals surface area contributed by atoms with Crippen molar-refractivity contribution in [1.29, 1.82) is 0 Å². The van der Waals surface area contributed by atoms with E-state index in [9.17, 15) is 8.42 Å². The molecule has 0 saturated heterocycles. The third kappa shape index (κ3) is 3.12. The Kier molecular flexibility index (Phi) is 3.28. The summed E-state index contributed by atoms with van der Waals surface area (Å²) in [5.74, 6) is -0.374. The molecule has 7 heteroatoms. The van der Waals surface area contributed by atoms with Crippen LogP contribution in [-0.2, 0) is 16.7 Å². The Morgan fingerprint density at radius 1 is 1.35 bits per heavy atom. The highest BCUT2D eigenvalue weighted by atomic mass is 35.5. The van der Waals surface area contributed by atoms with Gasteiger partial charge in [0.15, 0.2) is 18.3 Å². The summed E-state index contributed by atoms with van der Waals surface area (Å²) in [6.45, 7) is 0.0833. The Bertz CT molecular complexity index is 658. The van der Waals surface area contributed by atoms with Gasteiger partial charge >= 0.3 is 0 Å². The van der Waals surface area contributed by atoms with Crippen LogP contribution in [0, 0.1) is 0 Å². The van der Waals surface area contributed by atoms with Crippen LogP contribution in [0.15, 0.2) is 30.5 Å². The van der Waals surface area contributed by atoms with Gasteiger partial charge in [0, 0.05) is 16.6 Å². The summed E-state index contributed by atoms with van der Waals surface area (Å²) < 4.78 is 31.3. The Balaban J connectivity index is 2.34. The highest BCUT2D eigenvalue weighted by molar-refractivity contribution is 7.85. The van der Waals surface area contributed by atoms with Crippen LogP contribution in [0.3, 0.4) is 0 Å². The zero-order valence-corrected chi connectivity index (χ0v) is 10.3. The minimum atomic E-state index is -3.98. The number of halogens is 1. The van der Waals surface area contributed by atoms with Crippen LogP contribution in [0.2, 0.25) is 5.02 Å². The number of hydrogen-bond donors (Lipinski definition) is 1. The SMILES string of the molecule is O=S(=O)(O)CC[n+]1ccc2cccc(Cl)c2n1. The van der Waals surface area contributed by atoms with Crippen LogP contribution in [0.1, 0.15) is 0 Å². The van der Waals surface area contributed by atoms with Gasteiger partial charge in [-0.05, 0) is 6.07 Å². The molecule has 0 radical (unpaired) electrons. The number of rotatable bonds is 3. The van der Waals surface area contributed by atoms with Gasteiger partial charge in [0.25, 0.3) is 10.1 Å². The Hall–Kier alpha value is -1.24. The van der Waals surface area contributed by atoms with Crippen LogP contribution < -0.4 is 4.68 Å². The molecule has 0 saturated carbocycles. The number of benzene rings is 1. The molecule has 0 unspecified atom stereocenters. The molecule has 0 fully saturated rings. The predicted molar refractivity (Wildman–Crippen MR) is 63.4 cm³/mol. The van der Waals surface area contributed by atoms with Gasteiger partial charge in [-0.25, -0.2) is 0 Å². The summed E-state index contributed by atoms with van der Waals surface area (Å²) in [6.07, 6.45) is 1.64. The minimum absolute atomic E-state index is 0.0833. The highest BCUT2D eigenvalue weighted by Crippen LogP contribution is 2.18. The van der Waals surface area contributed by atoms with Gasteiger partial charge in [-0.15, -0.1) is 0 Å². The lowest BCUT2D eigenvalue weighted by Crippen LogP contribution is -2.40. The van der Waals surface area contributed by atoms with Gasteiger partial charge in [-0.1, -0.05) is 28.4 Å². The minimum Gasteiger partial charge on any atom is -0.285 e. The third-order valence-electron chi connectivity index (χ3n) is 2.25. The molecular weight excluding hydrogens is 264 g/mol. The van der Waals surface area contributed by atoms with Crippen molar-refractivity contribution >= 4 is 32.6 Å². The first kappa shape index (κ1) is 12.2. The molecule has 0 amide bonds. The molecular formula is C10H10ClN2O3S+. The summed E-state index contributed by atoms with van der Waals surface area (Å²) in [5.41, 5.74) is 0.604. The lowest BCUT2D eigenvalue weighted by atomic mass is 10.2. The first-order valence-corrected chi connectivity index (χ1v) is 6.84. The van der Waals surface area contributed by atoms with Crippen molar-refractivity contribution in [3.63, 3.8) is 0 Å². The molecule has 1 aromatic carbocycles. The van der Waals surface area contributed by atoms with E-state index < -0.39 is 10.1 Å². The largest absolute Gasteiger partial charge is 0.285 e. The van der Waals surface area contributed by atoms with E-state index in [1.54, 1.807) is 18.3 Å². The predicted octanol–water partition coefficient (Wildman–Crippen LogP) is 1.06. The lowest BCUT2D eigenvalue weighted by molar-refractivity contribution is -0.747. The van der Waals surface area contributed by atoms with Crippen molar-refractivity contribution in [1.82, 2.24) is 5.10 Å². The fourth-order valence-electron chi connectivity index (χ4n) is 1.43. The Morgan fingerprint density at radius 3 is 2.82 bits per heavy atom. The second-order valence-corrected chi connectivity index (χ2v) is 5.52. The van der Waals surface area contributed by atoms with E-state index in [2.05, 4.69) is 5.10 Å². The average Bonchev–Trinajstić information content (AvgIpc) is 2.26. The zero-order valence-electron chi connectivity index (χ0n) is 8.75. The maximum absolute atomic E-state index is 10.6. The molecule has 1 N–H and O–H groups in total. The van der Waals surface area contributed by atoms with Gasteiger partial charge in [-0.2, -0.15) is 8.42 Å². The van der Waals surface area contributed by atoms with Crippen LogP contribution in [0.5, 0.6) is 0 Å². The van der Waals surface area contributed by atoms with Crippen molar-refractivity contribution in [2.75, 3.05) is 5.75 Å². The van der Waals surface area contributed by atoms with Crippen molar-refractivity contribution in [3.05, 3.63) is 35.5 Å². The van der Waals surface area contributed by atoms with E-state index in [-0.39, 0.29) is 12.3 Å². The van der Waals surface area contributed by atoms with Crippen LogP contribution >= 0.6 is 11.6 Å². The number of fused-ring (bicyclic) bond motifs is 1. The van der Waals surface area contributed by atoms with Gasteiger partial charge in [0.05, 0.1) is 5.02 Å². The molecule has 1 aromatic heterocycles. The molecule has 0 aliphatic rings. The van der Waals surface area contributed by atoms with E-state index in [0.717, 1.165) is 5.39 Å². The summed E-state index contributed by atoms with van der Waals surface area (Å²) in [6, 6.07) is 7.18. The smallest absolute Gasteiger partial charge is 0.271 e. The first-order valence-electron chi connectivity index (χ1n) is 4.86. The van der Waals surface area contributed by atoms with E-state index in [1.807, 2.05) is 12.1 Å². The van der Waals surface area contributed by atoms with Crippen LogP contribution in [0.25, 0.3) is 10.9 Å². The van der Waals surface area contributed by atoms with Crippen molar-refractivity contribution in [2.45, 2.75) is 6.54 Å². The molecule has 0 atom stereocenters. The van der Waals surface area contributed by atoms with Gasteiger partial charge < -0.3 is 0 Å². The lowest BCUT2D eigenvalue weighted by Gasteiger charge is -1.98. The molecule has 2 rings (SSSR count). The van der Waals surface area contributed by atoms with Crippen molar-refractivity contribution < 1.29 is 17.7 Å². The second-order valence-electron chi connectivity index (χ2n) is 3.54. The number of nitrogens with zero attached hydrogens (tertiary/aromatic N) is 2. The van der Waals surface area contributed by atoms with E-state index in [1.165, 1.54) is 4.68 Å². The van der Waals surface area contributed by atoms with E-state index in [4.69, 9.17) is 16.2 Å². The number of aryl methyl sites for hydroxylation is 1. The molecule has 17 heavy (non-hydrogen) atoms. The highest BCUT2D eigenvalue weighted by Gasteiger charge is 2.12. The maximum Gasteiger partial charge on any atom is 0.271 e. The van der Waals surface area contributed by atoms with Crippen LogP contribution in [0.4, 0.5) is 0 Å². The normalized spacial score (nSPS) is 11.9. The first-order chi connectivity index (χ1) is 7.96.